The molecule has 8 heteroatoms. The van der Waals surface area contributed by atoms with Crippen LogP contribution in [0.25, 0.3) is 0 Å². The van der Waals surface area contributed by atoms with Gasteiger partial charge in [-0.05, 0) is 25.0 Å². The molecule has 0 saturated carbocycles. The van der Waals surface area contributed by atoms with Crippen molar-refractivity contribution in [3.05, 3.63) is 33.6 Å². The molecule has 0 atom stereocenters. The van der Waals surface area contributed by atoms with Gasteiger partial charge in [0, 0.05) is 5.88 Å². The first-order chi connectivity index (χ1) is 8.29. The van der Waals surface area contributed by atoms with Gasteiger partial charge in [0.15, 0.2) is 9.84 Å². The fourth-order valence-corrected chi connectivity index (χ4v) is 3.24. The van der Waals surface area contributed by atoms with E-state index in [1.807, 2.05) is 0 Å². The fraction of sp³-hybridized carbons (Fsp3) is 0.400. The van der Waals surface area contributed by atoms with Gasteiger partial charge >= 0.3 is 0 Å². The molecule has 0 fully saturated rings. The summed E-state index contributed by atoms with van der Waals surface area (Å²) in [5.74, 6) is -0.978. The van der Waals surface area contributed by atoms with Crippen molar-refractivity contribution in [1.82, 2.24) is 0 Å². The Morgan fingerprint density at radius 2 is 2.06 bits per heavy atom. The third-order valence-corrected chi connectivity index (χ3v) is 4.41. The molecule has 0 aliphatic rings. The standard InChI is InChI=1S/C10H11ClFNO4S/c1-7-5-10(18(16,17)4-2-3-11)9(13(14)15)6-8(7)12/h5-6H,2-4H2,1H3. The van der Waals surface area contributed by atoms with Crippen LogP contribution >= 0.6 is 11.6 Å². The third-order valence-electron chi connectivity index (χ3n) is 2.32. The van der Waals surface area contributed by atoms with E-state index in [1.165, 1.54) is 6.92 Å². The molecule has 0 saturated heterocycles. The third kappa shape index (κ3) is 3.17. The molecular formula is C10H11ClFNO4S. The highest BCUT2D eigenvalue weighted by Gasteiger charge is 2.27. The number of hydrogen-bond acceptors (Lipinski definition) is 4. The van der Waals surface area contributed by atoms with Crippen molar-refractivity contribution >= 4 is 27.1 Å². The van der Waals surface area contributed by atoms with Gasteiger partial charge in [0.2, 0.25) is 0 Å². The molecule has 18 heavy (non-hydrogen) atoms. The van der Waals surface area contributed by atoms with Crippen LogP contribution in [0.3, 0.4) is 0 Å². The van der Waals surface area contributed by atoms with Crippen LogP contribution in [0, 0.1) is 22.9 Å². The van der Waals surface area contributed by atoms with Gasteiger partial charge in [0.05, 0.1) is 16.7 Å². The number of hydrogen-bond donors (Lipinski definition) is 0. The van der Waals surface area contributed by atoms with Crippen LogP contribution in [-0.2, 0) is 9.84 Å². The molecule has 0 aliphatic carbocycles. The second-order valence-electron chi connectivity index (χ2n) is 3.69. The summed E-state index contributed by atoms with van der Waals surface area (Å²) in [4.78, 5) is 9.39. The second kappa shape index (κ2) is 5.62. The van der Waals surface area contributed by atoms with Gasteiger partial charge in [-0.15, -0.1) is 11.6 Å². The first-order valence-corrected chi connectivity index (χ1v) is 7.21. The van der Waals surface area contributed by atoms with Gasteiger partial charge in [-0.2, -0.15) is 0 Å². The van der Waals surface area contributed by atoms with E-state index >= 15 is 0 Å². The Morgan fingerprint density at radius 1 is 1.44 bits per heavy atom. The predicted octanol–water partition coefficient (Wildman–Crippen LogP) is 2.44. The Labute approximate surface area is 109 Å². The van der Waals surface area contributed by atoms with Crippen LogP contribution < -0.4 is 0 Å². The normalized spacial score (nSPS) is 11.5. The summed E-state index contributed by atoms with van der Waals surface area (Å²) in [6.45, 7) is 1.35. The Morgan fingerprint density at radius 3 is 2.56 bits per heavy atom. The van der Waals surface area contributed by atoms with Crippen molar-refractivity contribution in [2.24, 2.45) is 0 Å². The van der Waals surface area contributed by atoms with Crippen molar-refractivity contribution in [3.8, 4) is 0 Å². The minimum Gasteiger partial charge on any atom is -0.258 e. The Bertz CT molecular complexity index is 573. The number of benzene rings is 1. The summed E-state index contributed by atoms with van der Waals surface area (Å²) in [6, 6.07) is 1.61. The lowest BCUT2D eigenvalue weighted by molar-refractivity contribution is -0.388. The minimum atomic E-state index is -3.83. The van der Waals surface area contributed by atoms with Crippen molar-refractivity contribution in [1.29, 1.82) is 0 Å². The molecular weight excluding hydrogens is 285 g/mol. The number of alkyl halides is 1. The quantitative estimate of drug-likeness (QED) is 0.362. The Hall–Kier alpha value is -1.21. The molecule has 5 nitrogen and oxygen atoms in total. The van der Waals surface area contributed by atoms with Crippen LogP contribution in [0.4, 0.5) is 10.1 Å². The zero-order valence-corrected chi connectivity index (χ0v) is 11.1. The molecule has 0 spiro atoms. The van der Waals surface area contributed by atoms with E-state index in [0.717, 1.165) is 6.07 Å². The van der Waals surface area contributed by atoms with E-state index in [0.29, 0.717) is 6.07 Å². The molecule has 1 aromatic rings. The molecule has 0 bridgehead atoms. The lowest BCUT2D eigenvalue weighted by atomic mass is 10.2. The Kier molecular flexibility index (Phi) is 4.64. The predicted molar refractivity (Wildman–Crippen MR) is 65.2 cm³/mol. The van der Waals surface area contributed by atoms with Crippen molar-refractivity contribution in [3.63, 3.8) is 0 Å². The molecule has 0 aromatic heterocycles. The van der Waals surface area contributed by atoms with Crippen molar-refractivity contribution < 1.29 is 17.7 Å². The van der Waals surface area contributed by atoms with Gasteiger partial charge in [0.1, 0.15) is 10.7 Å². The number of aryl methyl sites for hydroxylation is 1. The zero-order valence-electron chi connectivity index (χ0n) is 9.52. The molecule has 1 rings (SSSR count). The van der Waals surface area contributed by atoms with Crippen molar-refractivity contribution in [2.75, 3.05) is 11.6 Å². The SMILES string of the molecule is Cc1cc(S(=O)(=O)CCCCl)c([N+](=O)[O-])cc1F. The van der Waals surface area contributed by atoms with E-state index in [4.69, 9.17) is 11.6 Å². The molecule has 0 heterocycles. The van der Waals surface area contributed by atoms with E-state index < -0.39 is 31.2 Å². The minimum absolute atomic E-state index is 0.0463. The van der Waals surface area contributed by atoms with E-state index in [9.17, 15) is 22.9 Å². The van der Waals surface area contributed by atoms with Gasteiger partial charge in [-0.1, -0.05) is 0 Å². The first-order valence-electron chi connectivity index (χ1n) is 5.03. The Balaban J connectivity index is 3.39. The molecule has 1 aromatic carbocycles. The van der Waals surface area contributed by atoms with Crippen molar-refractivity contribution in [2.45, 2.75) is 18.2 Å². The number of rotatable bonds is 5. The second-order valence-corrected chi connectivity index (χ2v) is 6.14. The largest absolute Gasteiger partial charge is 0.290 e. The van der Waals surface area contributed by atoms with Crippen LogP contribution in [0.2, 0.25) is 0 Å². The first kappa shape index (κ1) is 14.8. The lowest BCUT2D eigenvalue weighted by Gasteiger charge is -2.06. The highest BCUT2D eigenvalue weighted by Crippen LogP contribution is 2.28. The summed E-state index contributed by atoms with van der Waals surface area (Å²) in [5, 5.41) is 10.8. The lowest BCUT2D eigenvalue weighted by Crippen LogP contribution is -2.11. The molecule has 0 aliphatic heterocycles. The number of nitro benzene ring substituents is 1. The monoisotopic (exact) mass is 295 g/mol. The van der Waals surface area contributed by atoms with Crippen LogP contribution in [0.1, 0.15) is 12.0 Å². The van der Waals surface area contributed by atoms with Gasteiger partial charge in [-0.25, -0.2) is 12.8 Å². The summed E-state index contributed by atoms with van der Waals surface area (Å²) in [5.41, 5.74) is -0.697. The molecule has 0 amide bonds. The number of nitrogens with zero attached hydrogens (tertiary/aromatic N) is 1. The maximum absolute atomic E-state index is 13.2. The topological polar surface area (TPSA) is 77.3 Å². The van der Waals surface area contributed by atoms with Crippen LogP contribution in [-0.4, -0.2) is 25.0 Å². The maximum Gasteiger partial charge on any atom is 0.290 e. The zero-order chi connectivity index (χ0) is 13.9. The average Bonchev–Trinajstić information content (AvgIpc) is 2.29. The van der Waals surface area contributed by atoms with E-state index in [-0.39, 0.29) is 23.6 Å². The average molecular weight is 296 g/mol. The summed E-state index contributed by atoms with van der Waals surface area (Å²) < 4.78 is 37.0. The maximum atomic E-state index is 13.2. The highest BCUT2D eigenvalue weighted by atomic mass is 35.5. The van der Waals surface area contributed by atoms with E-state index in [2.05, 4.69) is 0 Å². The number of halogens is 2. The molecule has 0 radical (unpaired) electrons. The fourth-order valence-electron chi connectivity index (χ4n) is 1.39. The number of nitro groups is 1. The molecule has 0 unspecified atom stereocenters. The highest BCUT2D eigenvalue weighted by molar-refractivity contribution is 7.91. The number of sulfone groups is 1. The van der Waals surface area contributed by atoms with Crippen LogP contribution in [0.5, 0.6) is 0 Å². The summed E-state index contributed by atoms with van der Waals surface area (Å²) >= 11 is 5.40. The summed E-state index contributed by atoms with van der Waals surface area (Å²) in [6.07, 6.45) is 0.178. The van der Waals surface area contributed by atoms with Gasteiger partial charge < -0.3 is 0 Å². The van der Waals surface area contributed by atoms with Gasteiger partial charge in [-0.3, -0.25) is 10.1 Å². The molecule has 100 valence electrons. The smallest absolute Gasteiger partial charge is 0.258 e. The van der Waals surface area contributed by atoms with Crippen LogP contribution in [0.15, 0.2) is 17.0 Å². The van der Waals surface area contributed by atoms with Gasteiger partial charge in [0.25, 0.3) is 5.69 Å². The van der Waals surface area contributed by atoms with E-state index in [1.54, 1.807) is 0 Å². The molecule has 0 N–H and O–H groups in total. The summed E-state index contributed by atoms with van der Waals surface area (Å²) in [7, 11) is -3.83.